The van der Waals surface area contributed by atoms with Crippen LogP contribution >= 0.6 is 15.9 Å². The molecule has 2 aromatic rings. The van der Waals surface area contributed by atoms with Gasteiger partial charge in [-0.3, -0.25) is 4.68 Å². The molecule has 1 aromatic heterocycles. The Morgan fingerprint density at radius 3 is 3.05 bits per heavy atom. The van der Waals surface area contributed by atoms with E-state index in [1.807, 2.05) is 18.7 Å². The maximum Gasteiger partial charge on any atom is 0.127 e. The lowest BCUT2D eigenvalue weighted by atomic mass is 10.1. The Labute approximate surface area is 127 Å². The van der Waals surface area contributed by atoms with E-state index in [1.165, 1.54) is 16.7 Å². The van der Waals surface area contributed by atoms with Crippen molar-refractivity contribution < 1.29 is 4.74 Å². The average molecular weight is 336 g/mol. The van der Waals surface area contributed by atoms with Crippen molar-refractivity contribution in [3.8, 4) is 5.75 Å². The van der Waals surface area contributed by atoms with Crippen LogP contribution in [0.2, 0.25) is 0 Å². The fourth-order valence-electron chi connectivity index (χ4n) is 2.64. The Kier molecular flexibility index (Phi) is 3.81. The van der Waals surface area contributed by atoms with Crippen molar-refractivity contribution in [2.45, 2.75) is 26.4 Å². The molecule has 0 saturated carbocycles. The second-order valence-corrected chi connectivity index (χ2v) is 6.03. The molecule has 0 aliphatic carbocycles. The third-order valence-corrected chi connectivity index (χ3v) is 4.03. The van der Waals surface area contributed by atoms with Crippen molar-refractivity contribution in [2.24, 2.45) is 0 Å². The van der Waals surface area contributed by atoms with Gasteiger partial charge in [0.15, 0.2) is 0 Å². The van der Waals surface area contributed by atoms with Crippen LogP contribution in [0.25, 0.3) is 0 Å². The summed E-state index contributed by atoms with van der Waals surface area (Å²) in [6, 6.07) is 4.27. The number of hydrogen-bond acceptors (Lipinski definition) is 3. The van der Waals surface area contributed by atoms with Gasteiger partial charge in [-0.15, -0.1) is 0 Å². The fraction of sp³-hybridized carbons (Fsp3) is 0.400. The highest BCUT2D eigenvalue weighted by Crippen LogP contribution is 2.33. The molecule has 0 unspecified atom stereocenters. The Hall–Kier alpha value is -1.33. The summed E-state index contributed by atoms with van der Waals surface area (Å²) in [5, 5.41) is 7.75. The Bertz CT molecular complexity index is 636. The number of nitrogens with zero attached hydrogens (tertiary/aromatic N) is 2. The zero-order chi connectivity index (χ0) is 14.1. The molecule has 1 aliphatic heterocycles. The summed E-state index contributed by atoms with van der Waals surface area (Å²) in [5.41, 5.74) is 4.78. The predicted octanol–water partition coefficient (Wildman–Crippen LogP) is 2.66. The highest BCUT2D eigenvalue weighted by molar-refractivity contribution is 9.10. The molecule has 0 bridgehead atoms. The maximum absolute atomic E-state index is 5.77. The third kappa shape index (κ3) is 2.60. The van der Waals surface area contributed by atoms with Gasteiger partial charge in [-0.2, -0.15) is 5.10 Å². The topological polar surface area (TPSA) is 39.1 Å². The summed E-state index contributed by atoms with van der Waals surface area (Å²) >= 11 is 3.58. The van der Waals surface area contributed by atoms with Crippen molar-refractivity contribution in [1.29, 1.82) is 0 Å². The molecule has 3 rings (SSSR count). The first-order valence-corrected chi connectivity index (χ1v) is 7.58. The second-order valence-electron chi connectivity index (χ2n) is 5.12. The quantitative estimate of drug-likeness (QED) is 0.933. The second kappa shape index (κ2) is 5.58. The predicted molar refractivity (Wildman–Crippen MR) is 82.2 cm³/mol. The number of benzene rings is 1. The molecule has 0 spiro atoms. The molecular formula is C15H18BrN3O. The zero-order valence-corrected chi connectivity index (χ0v) is 13.3. The number of hydrogen-bond donors (Lipinski definition) is 1. The van der Waals surface area contributed by atoms with Gasteiger partial charge in [-0.05, 0) is 31.7 Å². The zero-order valence-electron chi connectivity index (χ0n) is 11.7. The molecule has 0 atom stereocenters. The van der Waals surface area contributed by atoms with Crippen molar-refractivity contribution in [3.05, 3.63) is 45.2 Å². The van der Waals surface area contributed by atoms with Gasteiger partial charge in [0.25, 0.3) is 0 Å². The van der Waals surface area contributed by atoms with Gasteiger partial charge >= 0.3 is 0 Å². The number of aryl methyl sites for hydroxylation is 1. The van der Waals surface area contributed by atoms with Crippen LogP contribution in [0.4, 0.5) is 0 Å². The normalized spacial score (nSPS) is 13.3. The number of aromatic nitrogens is 2. The molecule has 0 fully saturated rings. The highest BCUT2D eigenvalue weighted by atomic mass is 79.9. The van der Waals surface area contributed by atoms with Crippen molar-refractivity contribution in [3.63, 3.8) is 0 Å². The molecular weight excluding hydrogens is 318 g/mol. The van der Waals surface area contributed by atoms with E-state index in [2.05, 4.69) is 44.7 Å². The molecule has 1 aromatic carbocycles. The minimum absolute atomic E-state index is 0.742. The van der Waals surface area contributed by atoms with Crippen LogP contribution in [-0.2, 0) is 19.5 Å². The van der Waals surface area contributed by atoms with Gasteiger partial charge in [0, 0.05) is 34.8 Å². The molecule has 20 heavy (non-hydrogen) atoms. The third-order valence-electron chi connectivity index (χ3n) is 3.57. The first-order valence-electron chi connectivity index (χ1n) is 6.79. The molecule has 0 saturated heterocycles. The number of nitrogens with one attached hydrogen (secondary N) is 1. The van der Waals surface area contributed by atoms with Crippen LogP contribution in [-0.4, -0.2) is 23.4 Å². The number of ether oxygens (including phenoxy) is 1. The molecule has 1 N–H and O–H groups in total. The molecule has 1 aliphatic rings. The van der Waals surface area contributed by atoms with Gasteiger partial charge in [-0.1, -0.05) is 15.9 Å². The van der Waals surface area contributed by atoms with Crippen molar-refractivity contribution in [1.82, 2.24) is 15.1 Å². The standard InChI is InChI=1S/C15H18BrN3O/c1-10-13(7-17-2)9-19(18-10)8-12-6-14(16)5-11-3-4-20-15(11)12/h5-6,9,17H,3-4,7-8H2,1-2H3. The molecule has 0 amide bonds. The number of rotatable bonds is 4. The molecule has 5 heteroatoms. The number of fused-ring (bicyclic) bond motifs is 1. The van der Waals surface area contributed by atoms with Crippen LogP contribution in [0.3, 0.4) is 0 Å². The Morgan fingerprint density at radius 1 is 1.40 bits per heavy atom. The average Bonchev–Trinajstić information content (AvgIpc) is 2.97. The summed E-state index contributed by atoms with van der Waals surface area (Å²) < 4.78 is 8.87. The van der Waals surface area contributed by atoms with Crippen molar-refractivity contribution >= 4 is 15.9 Å². The van der Waals surface area contributed by atoms with Crippen LogP contribution in [0.15, 0.2) is 22.8 Å². The lowest BCUT2D eigenvalue weighted by Gasteiger charge is -2.09. The summed E-state index contributed by atoms with van der Waals surface area (Å²) in [6.45, 7) is 4.41. The lowest BCUT2D eigenvalue weighted by molar-refractivity contribution is 0.352. The van der Waals surface area contributed by atoms with E-state index < -0.39 is 0 Å². The van der Waals surface area contributed by atoms with Crippen LogP contribution in [0.1, 0.15) is 22.4 Å². The van der Waals surface area contributed by atoms with Gasteiger partial charge < -0.3 is 10.1 Å². The van der Waals surface area contributed by atoms with E-state index in [9.17, 15) is 0 Å². The first kappa shape index (κ1) is 13.6. The molecule has 0 radical (unpaired) electrons. The molecule has 106 valence electrons. The first-order chi connectivity index (χ1) is 9.67. The highest BCUT2D eigenvalue weighted by Gasteiger charge is 2.18. The molecule has 4 nitrogen and oxygen atoms in total. The van der Waals surface area contributed by atoms with E-state index in [1.54, 1.807) is 0 Å². The van der Waals surface area contributed by atoms with Crippen LogP contribution < -0.4 is 10.1 Å². The van der Waals surface area contributed by atoms with Crippen LogP contribution in [0, 0.1) is 6.92 Å². The maximum atomic E-state index is 5.77. The van der Waals surface area contributed by atoms with E-state index in [4.69, 9.17) is 4.74 Å². The molecule has 2 heterocycles. The monoisotopic (exact) mass is 335 g/mol. The summed E-state index contributed by atoms with van der Waals surface area (Å²) in [6.07, 6.45) is 3.10. The fourth-order valence-corrected chi connectivity index (χ4v) is 3.19. The lowest BCUT2D eigenvalue weighted by Crippen LogP contribution is -2.05. The minimum atomic E-state index is 0.742. The van der Waals surface area contributed by atoms with Crippen molar-refractivity contribution in [2.75, 3.05) is 13.7 Å². The smallest absolute Gasteiger partial charge is 0.127 e. The SMILES string of the molecule is CNCc1cn(Cc2cc(Br)cc3c2OCC3)nc1C. The van der Waals surface area contributed by atoms with Crippen LogP contribution in [0.5, 0.6) is 5.75 Å². The summed E-state index contributed by atoms with van der Waals surface area (Å²) in [7, 11) is 1.95. The van der Waals surface area contributed by atoms with E-state index >= 15 is 0 Å². The summed E-state index contributed by atoms with van der Waals surface area (Å²) in [4.78, 5) is 0. The van der Waals surface area contributed by atoms with Gasteiger partial charge in [0.1, 0.15) is 5.75 Å². The van der Waals surface area contributed by atoms with E-state index in [0.717, 1.165) is 42.0 Å². The largest absolute Gasteiger partial charge is 0.493 e. The van der Waals surface area contributed by atoms with Gasteiger partial charge in [0.2, 0.25) is 0 Å². The van der Waals surface area contributed by atoms with E-state index in [-0.39, 0.29) is 0 Å². The Morgan fingerprint density at radius 2 is 2.25 bits per heavy atom. The van der Waals surface area contributed by atoms with E-state index in [0.29, 0.717) is 0 Å². The summed E-state index contributed by atoms with van der Waals surface area (Å²) in [5.74, 6) is 1.04. The minimum Gasteiger partial charge on any atom is -0.493 e. The number of halogens is 1. The van der Waals surface area contributed by atoms with Gasteiger partial charge in [0.05, 0.1) is 18.8 Å². The van der Waals surface area contributed by atoms with Gasteiger partial charge in [-0.25, -0.2) is 0 Å². The Balaban J connectivity index is 1.90.